The van der Waals surface area contributed by atoms with Crippen LogP contribution >= 0.6 is 11.6 Å². The Morgan fingerprint density at radius 2 is 1.82 bits per heavy atom. The number of rotatable bonds is 8. The number of hydrogen-bond acceptors (Lipinski definition) is 4. The van der Waals surface area contributed by atoms with E-state index in [2.05, 4.69) is 12.2 Å². The Labute approximate surface area is 168 Å². The van der Waals surface area contributed by atoms with Gasteiger partial charge in [0.25, 0.3) is 5.91 Å². The lowest BCUT2D eigenvalue weighted by Gasteiger charge is -2.06. The molecule has 0 spiro atoms. The number of carbonyl (C=O) groups excluding carboxylic acids is 2. The van der Waals surface area contributed by atoms with Crippen LogP contribution in [0.15, 0.2) is 52.9 Å². The summed E-state index contributed by atoms with van der Waals surface area (Å²) in [6.07, 6.45) is 4.21. The predicted molar refractivity (Wildman–Crippen MR) is 110 cm³/mol. The minimum atomic E-state index is -0.376. The average Bonchev–Trinajstić information content (AvgIpc) is 3.11. The summed E-state index contributed by atoms with van der Waals surface area (Å²) >= 11 is 5.95. The van der Waals surface area contributed by atoms with Crippen LogP contribution in [0.5, 0.6) is 0 Å². The van der Waals surface area contributed by atoms with Gasteiger partial charge in [-0.05, 0) is 55.0 Å². The Balaban J connectivity index is 1.57. The first kappa shape index (κ1) is 20.0. The van der Waals surface area contributed by atoms with Crippen LogP contribution in [0.2, 0.25) is 5.02 Å². The summed E-state index contributed by atoms with van der Waals surface area (Å²) in [6.45, 7) is 2.56. The number of halogens is 1. The lowest BCUT2D eigenvalue weighted by Crippen LogP contribution is -2.11. The SMILES string of the molecule is CCCCCCOC(=O)c1ccc(NC(=O)c2cc3cc(Cl)ccc3o2)cc1. The summed E-state index contributed by atoms with van der Waals surface area (Å²) in [4.78, 5) is 24.4. The van der Waals surface area contributed by atoms with Gasteiger partial charge in [-0.1, -0.05) is 37.8 Å². The van der Waals surface area contributed by atoms with Crippen molar-refractivity contribution in [3.63, 3.8) is 0 Å². The molecular formula is C22H22ClNO4. The van der Waals surface area contributed by atoms with E-state index in [1.54, 1.807) is 48.5 Å². The molecule has 1 heterocycles. The van der Waals surface area contributed by atoms with Gasteiger partial charge in [0.1, 0.15) is 5.58 Å². The van der Waals surface area contributed by atoms with Gasteiger partial charge in [-0.15, -0.1) is 0 Å². The van der Waals surface area contributed by atoms with Gasteiger partial charge in [-0.3, -0.25) is 4.79 Å². The summed E-state index contributed by atoms with van der Waals surface area (Å²) in [5.41, 5.74) is 1.60. The molecule has 6 heteroatoms. The first-order chi connectivity index (χ1) is 13.6. The second-order valence-corrected chi connectivity index (χ2v) is 6.96. The highest BCUT2D eigenvalue weighted by atomic mass is 35.5. The molecule has 2 aromatic carbocycles. The van der Waals surface area contributed by atoms with Gasteiger partial charge in [-0.2, -0.15) is 0 Å². The molecule has 5 nitrogen and oxygen atoms in total. The minimum Gasteiger partial charge on any atom is -0.462 e. The lowest BCUT2D eigenvalue weighted by molar-refractivity contribution is 0.0498. The van der Waals surface area contributed by atoms with Crippen molar-refractivity contribution in [1.82, 2.24) is 0 Å². The molecule has 0 aliphatic heterocycles. The molecule has 3 rings (SSSR count). The van der Waals surface area contributed by atoms with E-state index in [-0.39, 0.29) is 17.6 Å². The molecule has 0 saturated heterocycles. The van der Waals surface area contributed by atoms with Crippen molar-refractivity contribution >= 4 is 40.1 Å². The fourth-order valence-corrected chi connectivity index (χ4v) is 2.97. The van der Waals surface area contributed by atoms with Gasteiger partial charge in [0.05, 0.1) is 12.2 Å². The van der Waals surface area contributed by atoms with Crippen molar-refractivity contribution in [3.8, 4) is 0 Å². The molecule has 0 saturated carbocycles. The second kappa shape index (κ2) is 9.42. The molecule has 0 unspecified atom stereocenters. The molecule has 0 bridgehead atoms. The normalized spacial score (nSPS) is 10.8. The van der Waals surface area contributed by atoms with Gasteiger partial charge in [0.2, 0.25) is 0 Å². The van der Waals surface area contributed by atoms with Crippen molar-refractivity contribution in [1.29, 1.82) is 0 Å². The average molecular weight is 400 g/mol. The quantitative estimate of drug-likeness (QED) is 0.368. The number of ether oxygens (including phenoxy) is 1. The number of furan rings is 1. The number of amides is 1. The van der Waals surface area contributed by atoms with E-state index in [0.717, 1.165) is 31.1 Å². The zero-order valence-electron chi connectivity index (χ0n) is 15.7. The summed E-state index contributed by atoms with van der Waals surface area (Å²) in [5.74, 6) is -0.546. The third-order valence-electron chi connectivity index (χ3n) is 4.31. The van der Waals surface area contributed by atoms with E-state index in [1.165, 1.54) is 0 Å². The van der Waals surface area contributed by atoms with Crippen LogP contribution in [0.1, 0.15) is 53.5 Å². The van der Waals surface area contributed by atoms with Crippen LogP contribution in [-0.2, 0) is 4.74 Å². The Bertz CT molecular complexity index is 962. The highest BCUT2D eigenvalue weighted by molar-refractivity contribution is 6.31. The van der Waals surface area contributed by atoms with E-state index >= 15 is 0 Å². The Kier molecular flexibility index (Phi) is 6.71. The number of carbonyl (C=O) groups is 2. The minimum absolute atomic E-state index is 0.188. The zero-order chi connectivity index (χ0) is 19.9. The predicted octanol–water partition coefficient (Wildman–Crippen LogP) is 6.08. The van der Waals surface area contributed by atoms with Gasteiger partial charge in [0, 0.05) is 16.1 Å². The maximum absolute atomic E-state index is 12.4. The molecule has 1 amide bonds. The molecule has 0 atom stereocenters. The Morgan fingerprint density at radius 1 is 1.04 bits per heavy atom. The van der Waals surface area contributed by atoms with Gasteiger partial charge in [0.15, 0.2) is 5.76 Å². The maximum Gasteiger partial charge on any atom is 0.338 e. The number of benzene rings is 2. The molecule has 1 aromatic heterocycles. The number of hydrogen-bond donors (Lipinski definition) is 1. The Morgan fingerprint density at radius 3 is 2.57 bits per heavy atom. The summed E-state index contributed by atoms with van der Waals surface area (Å²) in [5, 5.41) is 4.08. The van der Waals surface area contributed by atoms with Crippen LogP contribution in [0.4, 0.5) is 5.69 Å². The van der Waals surface area contributed by atoms with E-state index < -0.39 is 0 Å². The fraction of sp³-hybridized carbons (Fsp3) is 0.273. The topological polar surface area (TPSA) is 68.5 Å². The van der Waals surface area contributed by atoms with Crippen LogP contribution in [0.3, 0.4) is 0 Å². The van der Waals surface area contributed by atoms with E-state index in [1.807, 2.05) is 0 Å². The molecule has 3 aromatic rings. The largest absolute Gasteiger partial charge is 0.462 e. The number of unbranched alkanes of at least 4 members (excludes halogenated alkanes) is 3. The highest BCUT2D eigenvalue weighted by Gasteiger charge is 2.13. The van der Waals surface area contributed by atoms with Crippen LogP contribution in [0.25, 0.3) is 11.0 Å². The lowest BCUT2D eigenvalue weighted by atomic mass is 10.2. The summed E-state index contributed by atoms with van der Waals surface area (Å²) < 4.78 is 10.8. The smallest absolute Gasteiger partial charge is 0.338 e. The van der Waals surface area contributed by atoms with E-state index in [9.17, 15) is 9.59 Å². The first-order valence-electron chi connectivity index (χ1n) is 9.34. The van der Waals surface area contributed by atoms with Crippen LogP contribution < -0.4 is 5.32 Å². The highest BCUT2D eigenvalue weighted by Crippen LogP contribution is 2.23. The maximum atomic E-state index is 12.4. The van der Waals surface area contributed by atoms with Crippen LogP contribution in [0, 0.1) is 0 Å². The molecular weight excluding hydrogens is 378 g/mol. The summed E-state index contributed by atoms with van der Waals surface area (Å²) in [7, 11) is 0. The van der Waals surface area contributed by atoms with Crippen molar-refractivity contribution in [2.45, 2.75) is 32.6 Å². The molecule has 0 aliphatic rings. The molecule has 0 radical (unpaired) electrons. The number of anilines is 1. The molecule has 0 aliphatic carbocycles. The first-order valence-corrected chi connectivity index (χ1v) is 9.72. The van der Waals surface area contributed by atoms with Gasteiger partial charge < -0.3 is 14.5 Å². The van der Waals surface area contributed by atoms with Crippen LogP contribution in [-0.4, -0.2) is 18.5 Å². The van der Waals surface area contributed by atoms with Gasteiger partial charge >= 0.3 is 5.97 Å². The zero-order valence-corrected chi connectivity index (χ0v) is 16.4. The molecule has 28 heavy (non-hydrogen) atoms. The standard InChI is InChI=1S/C22H22ClNO4/c1-2-3-4-5-12-27-22(26)15-6-9-18(10-7-15)24-21(25)20-14-16-13-17(23)8-11-19(16)28-20/h6-11,13-14H,2-5,12H2,1H3,(H,24,25). The van der Waals surface area contributed by atoms with E-state index in [4.69, 9.17) is 20.8 Å². The third-order valence-corrected chi connectivity index (χ3v) is 4.55. The number of nitrogens with one attached hydrogen (secondary N) is 1. The van der Waals surface area contributed by atoms with Crippen molar-refractivity contribution < 1.29 is 18.7 Å². The molecule has 146 valence electrons. The third kappa shape index (κ3) is 5.14. The molecule has 1 N–H and O–H groups in total. The Hall–Kier alpha value is -2.79. The van der Waals surface area contributed by atoms with Crippen molar-refractivity contribution in [2.24, 2.45) is 0 Å². The number of fused-ring (bicyclic) bond motifs is 1. The monoisotopic (exact) mass is 399 g/mol. The fourth-order valence-electron chi connectivity index (χ4n) is 2.79. The second-order valence-electron chi connectivity index (χ2n) is 6.52. The van der Waals surface area contributed by atoms with Crippen molar-refractivity contribution in [2.75, 3.05) is 11.9 Å². The number of esters is 1. The van der Waals surface area contributed by atoms with E-state index in [0.29, 0.717) is 28.5 Å². The summed E-state index contributed by atoms with van der Waals surface area (Å²) in [6, 6.07) is 13.4. The van der Waals surface area contributed by atoms with Crippen molar-refractivity contribution in [3.05, 3.63) is 64.9 Å². The van der Waals surface area contributed by atoms with Gasteiger partial charge in [-0.25, -0.2) is 4.79 Å². The molecule has 0 fully saturated rings.